The number of nitrogens with two attached hydrogens (primary N) is 1. The molecule has 15 heavy (non-hydrogen) atoms. The molecule has 0 bridgehead atoms. The third-order valence-corrected chi connectivity index (χ3v) is 2.55. The van der Waals surface area contributed by atoms with Crippen molar-refractivity contribution in [3.05, 3.63) is 0 Å². The second-order valence-electron chi connectivity index (χ2n) is 3.70. The Hall–Kier alpha value is -1.30. The largest absolute Gasteiger partial charge is 0.409 e. The monoisotopic (exact) mass is 215 g/mol. The first kappa shape index (κ1) is 11.8. The summed E-state index contributed by atoms with van der Waals surface area (Å²) >= 11 is 0. The molecule has 1 saturated carbocycles. The van der Waals surface area contributed by atoms with E-state index in [4.69, 9.17) is 15.7 Å². The average molecular weight is 215 g/mol. The molecule has 0 radical (unpaired) electrons. The zero-order valence-electron chi connectivity index (χ0n) is 8.77. The van der Waals surface area contributed by atoms with Gasteiger partial charge in [0.1, 0.15) is 5.84 Å². The van der Waals surface area contributed by atoms with Gasteiger partial charge in [-0.25, -0.2) is 0 Å². The number of carbonyl (C=O) groups excluding carboxylic acids is 1. The van der Waals surface area contributed by atoms with Gasteiger partial charge in [-0.15, -0.1) is 0 Å². The minimum atomic E-state index is -0.216. The molecular formula is C9H17N3O3. The molecule has 0 saturated heterocycles. The van der Waals surface area contributed by atoms with Gasteiger partial charge in [0.05, 0.1) is 12.5 Å². The molecule has 0 aromatic rings. The number of rotatable bonds is 4. The number of nitrogens with one attached hydrogen (secondary N) is 1. The maximum atomic E-state index is 11.3. The quantitative estimate of drug-likeness (QED) is 0.262. The lowest BCUT2D eigenvalue weighted by molar-refractivity contribution is -0.120. The van der Waals surface area contributed by atoms with Gasteiger partial charge in [-0.05, 0) is 19.3 Å². The molecule has 1 amide bonds. The third kappa shape index (κ3) is 3.75. The lowest BCUT2D eigenvalue weighted by atomic mass is 10.2. The van der Waals surface area contributed by atoms with Crippen molar-refractivity contribution in [3.8, 4) is 0 Å². The summed E-state index contributed by atoms with van der Waals surface area (Å²) in [6.07, 6.45) is 2.88. The fourth-order valence-corrected chi connectivity index (χ4v) is 1.76. The van der Waals surface area contributed by atoms with Crippen molar-refractivity contribution in [1.29, 1.82) is 0 Å². The van der Waals surface area contributed by atoms with Crippen LogP contribution in [0.4, 0.5) is 0 Å². The van der Waals surface area contributed by atoms with Crippen molar-refractivity contribution in [2.24, 2.45) is 10.9 Å². The SMILES string of the molecule is COC1CCC(NC(=O)CC(N)=NO)C1. The number of amides is 1. The van der Waals surface area contributed by atoms with E-state index in [1.165, 1.54) is 0 Å². The lowest BCUT2D eigenvalue weighted by Gasteiger charge is -2.12. The summed E-state index contributed by atoms with van der Waals surface area (Å²) in [7, 11) is 1.67. The van der Waals surface area contributed by atoms with Crippen LogP contribution in [0.5, 0.6) is 0 Å². The number of oxime groups is 1. The first-order valence-electron chi connectivity index (χ1n) is 4.94. The average Bonchev–Trinajstić information content (AvgIpc) is 2.65. The summed E-state index contributed by atoms with van der Waals surface area (Å²) in [5.41, 5.74) is 5.22. The van der Waals surface area contributed by atoms with E-state index in [1.807, 2.05) is 0 Å². The Morgan fingerprint density at radius 1 is 1.67 bits per heavy atom. The molecule has 0 heterocycles. The van der Waals surface area contributed by atoms with E-state index < -0.39 is 0 Å². The number of methoxy groups -OCH3 is 1. The van der Waals surface area contributed by atoms with Gasteiger partial charge in [0, 0.05) is 13.2 Å². The maximum Gasteiger partial charge on any atom is 0.227 e. The van der Waals surface area contributed by atoms with E-state index in [9.17, 15) is 4.79 Å². The molecule has 86 valence electrons. The summed E-state index contributed by atoms with van der Waals surface area (Å²) < 4.78 is 5.19. The molecule has 0 spiro atoms. The molecule has 6 nitrogen and oxygen atoms in total. The summed E-state index contributed by atoms with van der Waals surface area (Å²) in [5, 5.41) is 13.8. The molecule has 1 rings (SSSR count). The van der Waals surface area contributed by atoms with Crippen LogP contribution in [0.1, 0.15) is 25.7 Å². The van der Waals surface area contributed by atoms with E-state index in [0.717, 1.165) is 19.3 Å². The minimum Gasteiger partial charge on any atom is -0.409 e. The van der Waals surface area contributed by atoms with Crippen LogP contribution < -0.4 is 11.1 Å². The van der Waals surface area contributed by atoms with Gasteiger partial charge in [-0.3, -0.25) is 4.79 Å². The zero-order chi connectivity index (χ0) is 11.3. The Morgan fingerprint density at radius 2 is 2.40 bits per heavy atom. The summed E-state index contributed by atoms with van der Waals surface area (Å²) in [4.78, 5) is 11.3. The molecule has 6 heteroatoms. The second kappa shape index (κ2) is 5.55. The van der Waals surface area contributed by atoms with Crippen LogP contribution in [0, 0.1) is 0 Å². The summed E-state index contributed by atoms with van der Waals surface area (Å²) in [5.74, 6) is -0.291. The Bertz CT molecular complexity index is 255. The summed E-state index contributed by atoms with van der Waals surface area (Å²) in [6, 6.07) is 0.147. The minimum absolute atomic E-state index is 0.0648. The highest BCUT2D eigenvalue weighted by Crippen LogP contribution is 2.21. The topological polar surface area (TPSA) is 96.9 Å². The highest BCUT2D eigenvalue weighted by molar-refractivity contribution is 5.98. The van der Waals surface area contributed by atoms with Crippen LogP contribution in [-0.2, 0) is 9.53 Å². The van der Waals surface area contributed by atoms with Crippen molar-refractivity contribution in [2.45, 2.75) is 37.8 Å². The third-order valence-electron chi connectivity index (χ3n) is 2.55. The number of ether oxygens (including phenoxy) is 1. The van der Waals surface area contributed by atoms with Gasteiger partial charge >= 0.3 is 0 Å². The predicted molar refractivity (Wildman–Crippen MR) is 54.6 cm³/mol. The van der Waals surface area contributed by atoms with Crippen LogP contribution in [0.2, 0.25) is 0 Å². The molecule has 1 fully saturated rings. The number of nitrogens with zero attached hydrogens (tertiary/aromatic N) is 1. The van der Waals surface area contributed by atoms with Gasteiger partial charge < -0.3 is 21.0 Å². The van der Waals surface area contributed by atoms with Crippen LogP contribution in [0.3, 0.4) is 0 Å². The smallest absolute Gasteiger partial charge is 0.227 e. The second-order valence-corrected chi connectivity index (χ2v) is 3.70. The van der Waals surface area contributed by atoms with Crippen molar-refractivity contribution in [2.75, 3.05) is 7.11 Å². The molecule has 1 aliphatic carbocycles. The highest BCUT2D eigenvalue weighted by atomic mass is 16.5. The Balaban J connectivity index is 2.27. The van der Waals surface area contributed by atoms with Crippen molar-refractivity contribution >= 4 is 11.7 Å². The van der Waals surface area contributed by atoms with E-state index in [-0.39, 0.29) is 30.3 Å². The van der Waals surface area contributed by atoms with Crippen molar-refractivity contribution in [3.63, 3.8) is 0 Å². The molecule has 2 unspecified atom stereocenters. The molecular weight excluding hydrogens is 198 g/mol. The molecule has 0 aliphatic heterocycles. The van der Waals surface area contributed by atoms with E-state index in [0.29, 0.717) is 0 Å². The summed E-state index contributed by atoms with van der Waals surface area (Å²) in [6.45, 7) is 0. The Kier molecular flexibility index (Phi) is 4.36. The van der Waals surface area contributed by atoms with Gasteiger partial charge in [-0.2, -0.15) is 0 Å². The van der Waals surface area contributed by atoms with E-state index >= 15 is 0 Å². The van der Waals surface area contributed by atoms with Gasteiger partial charge in [0.2, 0.25) is 5.91 Å². The van der Waals surface area contributed by atoms with Crippen LogP contribution in [0.25, 0.3) is 0 Å². The van der Waals surface area contributed by atoms with Gasteiger partial charge in [0.15, 0.2) is 0 Å². The van der Waals surface area contributed by atoms with Crippen LogP contribution in [-0.4, -0.2) is 36.2 Å². The zero-order valence-corrected chi connectivity index (χ0v) is 8.77. The normalized spacial score (nSPS) is 26.6. The van der Waals surface area contributed by atoms with Gasteiger partial charge in [-0.1, -0.05) is 5.16 Å². The first-order chi connectivity index (χ1) is 7.15. The van der Waals surface area contributed by atoms with E-state index in [1.54, 1.807) is 7.11 Å². The Labute approximate surface area is 88.5 Å². The fourth-order valence-electron chi connectivity index (χ4n) is 1.76. The first-order valence-corrected chi connectivity index (χ1v) is 4.94. The molecule has 2 atom stereocenters. The molecule has 1 aliphatic rings. The fraction of sp³-hybridized carbons (Fsp3) is 0.778. The van der Waals surface area contributed by atoms with Crippen LogP contribution >= 0.6 is 0 Å². The van der Waals surface area contributed by atoms with Crippen molar-refractivity contribution in [1.82, 2.24) is 5.32 Å². The number of amidine groups is 1. The molecule has 4 N–H and O–H groups in total. The van der Waals surface area contributed by atoms with E-state index in [2.05, 4.69) is 10.5 Å². The number of hydrogen-bond acceptors (Lipinski definition) is 4. The maximum absolute atomic E-state index is 11.3. The van der Waals surface area contributed by atoms with Crippen LogP contribution in [0.15, 0.2) is 5.16 Å². The Morgan fingerprint density at radius 3 is 2.93 bits per heavy atom. The predicted octanol–water partition coefficient (Wildman–Crippen LogP) is -0.193. The highest BCUT2D eigenvalue weighted by Gasteiger charge is 2.25. The standard InChI is InChI=1S/C9H17N3O3/c1-15-7-3-2-6(4-7)11-9(13)5-8(10)12-14/h6-7,14H,2-5H2,1H3,(H2,10,12)(H,11,13). The molecule has 0 aromatic carbocycles. The van der Waals surface area contributed by atoms with Gasteiger partial charge in [0.25, 0.3) is 0 Å². The van der Waals surface area contributed by atoms with Crippen molar-refractivity contribution < 1.29 is 14.7 Å². The number of hydrogen-bond donors (Lipinski definition) is 3. The molecule has 0 aromatic heterocycles. The number of carbonyl (C=O) groups is 1. The lowest BCUT2D eigenvalue weighted by Crippen LogP contribution is -2.35.